The summed E-state index contributed by atoms with van der Waals surface area (Å²) < 4.78 is 0. The van der Waals surface area contributed by atoms with E-state index in [-0.39, 0.29) is 12.5 Å². The minimum Gasteiger partial charge on any atom is -0.375 e. The van der Waals surface area contributed by atoms with Gasteiger partial charge in [-0.3, -0.25) is 4.79 Å². The van der Waals surface area contributed by atoms with Gasteiger partial charge in [0.2, 0.25) is 5.91 Å². The highest BCUT2D eigenvalue weighted by molar-refractivity contribution is 6.33. The van der Waals surface area contributed by atoms with Crippen molar-refractivity contribution in [2.24, 2.45) is 0 Å². The number of benzene rings is 2. The summed E-state index contributed by atoms with van der Waals surface area (Å²) in [5.41, 5.74) is 5.12. The van der Waals surface area contributed by atoms with E-state index in [4.69, 9.17) is 11.6 Å². The number of rotatable bonds is 6. The van der Waals surface area contributed by atoms with E-state index in [1.165, 1.54) is 0 Å². The molecule has 3 nitrogen and oxygen atoms in total. The van der Waals surface area contributed by atoms with Crippen molar-refractivity contribution in [1.29, 1.82) is 0 Å². The molecule has 0 fully saturated rings. The van der Waals surface area contributed by atoms with E-state index in [9.17, 15) is 4.79 Å². The highest BCUT2D eigenvalue weighted by atomic mass is 35.5. The van der Waals surface area contributed by atoms with Gasteiger partial charge >= 0.3 is 0 Å². The number of nitrogens with one attached hydrogen (secondary N) is 2. The summed E-state index contributed by atoms with van der Waals surface area (Å²) in [4.78, 5) is 12.3. The molecule has 1 amide bonds. The Hall–Kier alpha value is -2.00. The van der Waals surface area contributed by atoms with E-state index < -0.39 is 0 Å². The average Bonchev–Trinajstić information content (AvgIpc) is 2.54. The average molecular weight is 331 g/mol. The van der Waals surface area contributed by atoms with Crippen LogP contribution in [0.1, 0.15) is 30.5 Å². The zero-order valence-corrected chi connectivity index (χ0v) is 14.6. The van der Waals surface area contributed by atoms with Crippen molar-refractivity contribution in [2.75, 3.05) is 17.2 Å². The smallest absolute Gasteiger partial charge is 0.243 e. The van der Waals surface area contributed by atoms with Crippen LogP contribution >= 0.6 is 11.6 Å². The van der Waals surface area contributed by atoms with Crippen molar-refractivity contribution in [2.45, 2.75) is 33.6 Å². The molecule has 0 unspecified atom stereocenters. The van der Waals surface area contributed by atoms with Gasteiger partial charge in [0, 0.05) is 5.69 Å². The molecule has 2 rings (SSSR count). The lowest BCUT2D eigenvalue weighted by atomic mass is 10.0. The zero-order valence-electron chi connectivity index (χ0n) is 13.9. The monoisotopic (exact) mass is 330 g/mol. The summed E-state index contributed by atoms with van der Waals surface area (Å²) in [6, 6.07) is 11.9. The molecule has 0 saturated heterocycles. The highest BCUT2D eigenvalue weighted by Gasteiger charge is 2.10. The molecule has 23 heavy (non-hydrogen) atoms. The zero-order chi connectivity index (χ0) is 16.8. The van der Waals surface area contributed by atoms with Gasteiger partial charge in [0.05, 0.1) is 17.3 Å². The van der Waals surface area contributed by atoms with Gasteiger partial charge in [-0.2, -0.15) is 0 Å². The fourth-order valence-electron chi connectivity index (χ4n) is 2.53. The maximum Gasteiger partial charge on any atom is 0.243 e. The molecule has 0 saturated carbocycles. The van der Waals surface area contributed by atoms with Gasteiger partial charge in [-0.05, 0) is 48.6 Å². The number of carbonyl (C=O) groups excluding carboxylic acids is 1. The third-order valence-corrected chi connectivity index (χ3v) is 4.14. The second kappa shape index (κ2) is 8.02. The number of hydrogen-bond acceptors (Lipinski definition) is 2. The SMILES string of the molecule is CCc1cccc(CC)c1NC(=O)CNc1ccc(C)cc1Cl. The molecule has 0 bridgehead atoms. The highest BCUT2D eigenvalue weighted by Crippen LogP contribution is 2.24. The molecule has 0 atom stereocenters. The van der Waals surface area contributed by atoms with Gasteiger partial charge < -0.3 is 10.6 Å². The molecule has 4 heteroatoms. The van der Waals surface area contributed by atoms with Crippen LogP contribution in [0.4, 0.5) is 11.4 Å². The molecule has 0 spiro atoms. The predicted octanol–water partition coefficient (Wildman–Crippen LogP) is 4.82. The molecule has 2 N–H and O–H groups in total. The fraction of sp³-hybridized carbons (Fsp3) is 0.316. The van der Waals surface area contributed by atoms with Crippen LogP contribution in [0.2, 0.25) is 5.02 Å². The Morgan fingerprint density at radius 2 is 1.74 bits per heavy atom. The first kappa shape index (κ1) is 17.4. The van der Waals surface area contributed by atoms with Crippen LogP contribution < -0.4 is 10.6 Å². The Morgan fingerprint density at radius 1 is 1.09 bits per heavy atom. The van der Waals surface area contributed by atoms with E-state index >= 15 is 0 Å². The Bertz CT molecular complexity index is 676. The van der Waals surface area contributed by atoms with Gasteiger partial charge in [0.1, 0.15) is 0 Å². The van der Waals surface area contributed by atoms with Crippen molar-refractivity contribution < 1.29 is 4.79 Å². The maximum absolute atomic E-state index is 12.3. The molecule has 0 aliphatic rings. The third kappa shape index (κ3) is 4.49. The maximum atomic E-state index is 12.3. The molecule has 0 radical (unpaired) electrons. The lowest BCUT2D eigenvalue weighted by molar-refractivity contribution is -0.114. The van der Waals surface area contributed by atoms with Gasteiger partial charge in [-0.1, -0.05) is 49.7 Å². The molecule has 0 aliphatic carbocycles. The molecule has 0 heterocycles. The summed E-state index contributed by atoms with van der Waals surface area (Å²) in [5.74, 6) is -0.0720. The van der Waals surface area contributed by atoms with E-state index in [0.29, 0.717) is 5.02 Å². The van der Waals surface area contributed by atoms with Crippen molar-refractivity contribution in [3.63, 3.8) is 0 Å². The topological polar surface area (TPSA) is 41.1 Å². The van der Waals surface area contributed by atoms with Gasteiger partial charge in [-0.15, -0.1) is 0 Å². The number of hydrogen-bond donors (Lipinski definition) is 2. The van der Waals surface area contributed by atoms with Crippen LogP contribution in [0, 0.1) is 6.92 Å². The van der Waals surface area contributed by atoms with Crippen LogP contribution in [0.5, 0.6) is 0 Å². The molecule has 2 aromatic rings. The number of aryl methyl sites for hydroxylation is 3. The number of anilines is 2. The van der Waals surface area contributed by atoms with Gasteiger partial charge in [0.15, 0.2) is 0 Å². The Kier molecular flexibility index (Phi) is 6.05. The fourth-order valence-corrected chi connectivity index (χ4v) is 2.83. The van der Waals surface area contributed by atoms with E-state index in [1.54, 1.807) is 0 Å². The van der Waals surface area contributed by atoms with Gasteiger partial charge in [-0.25, -0.2) is 0 Å². The number of halogens is 1. The van der Waals surface area contributed by atoms with Crippen LogP contribution in [0.3, 0.4) is 0 Å². The molecule has 2 aromatic carbocycles. The van der Waals surface area contributed by atoms with E-state index in [0.717, 1.165) is 40.9 Å². The summed E-state index contributed by atoms with van der Waals surface area (Å²) in [6.07, 6.45) is 1.78. The third-order valence-electron chi connectivity index (χ3n) is 3.83. The minimum absolute atomic E-state index is 0.0720. The summed E-state index contributed by atoms with van der Waals surface area (Å²) in [5, 5.41) is 6.75. The van der Waals surface area contributed by atoms with Crippen LogP contribution in [-0.2, 0) is 17.6 Å². The summed E-state index contributed by atoms with van der Waals surface area (Å²) in [7, 11) is 0. The first-order valence-corrected chi connectivity index (χ1v) is 8.33. The summed E-state index contributed by atoms with van der Waals surface area (Å²) in [6.45, 7) is 6.35. The lowest BCUT2D eigenvalue weighted by Gasteiger charge is -2.15. The van der Waals surface area contributed by atoms with E-state index in [2.05, 4.69) is 36.6 Å². The van der Waals surface area contributed by atoms with Gasteiger partial charge in [0.25, 0.3) is 0 Å². The second-order valence-corrected chi connectivity index (χ2v) is 5.95. The summed E-state index contributed by atoms with van der Waals surface area (Å²) >= 11 is 6.17. The quantitative estimate of drug-likeness (QED) is 0.797. The number of carbonyl (C=O) groups is 1. The normalized spacial score (nSPS) is 10.4. The van der Waals surface area contributed by atoms with Crippen LogP contribution in [0.25, 0.3) is 0 Å². The molecule has 0 aliphatic heterocycles. The van der Waals surface area contributed by atoms with E-state index in [1.807, 2.05) is 31.2 Å². The first-order chi connectivity index (χ1) is 11.0. The second-order valence-electron chi connectivity index (χ2n) is 5.54. The standard InChI is InChI=1S/C19H23ClN2O/c1-4-14-7-6-8-15(5-2)19(14)22-18(23)12-21-17-10-9-13(3)11-16(17)20/h6-11,21H,4-5,12H2,1-3H3,(H,22,23). The molecular weight excluding hydrogens is 308 g/mol. The Balaban J connectivity index is 2.05. The van der Waals surface area contributed by atoms with Crippen LogP contribution in [0.15, 0.2) is 36.4 Å². The first-order valence-electron chi connectivity index (χ1n) is 7.95. The Morgan fingerprint density at radius 3 is 2.30 bits per heavy atom. The lowest BCUT2D eigenvalue weighted by Crippen LogP contribution is -2.23. The molecular formula is C19H23ClN2O. The minimum atomic E-state index is -0.0720. The van der Waals surface area contributed by atoms with Crippen molar-refractivity contribution in [1.82, 2.24) is 0 Å². The predicted molar refractivity (Wildman–Crippen MR) is 98.5 cm³/mol. The van der Waals surface area contributed by atoms with Crippen LogP contribution in [-0.4, -0.2) is 12.5 Å². The molecule has 0 aromatic heterocycles. The van der Waals surface area contributed by atoms with Crippen molar-refractivity contribution in [3.05, 3.63) is 58.1 Å². The number of para-hydroxylation sites is 1. The Labute approximate surface area is 143 Å². The molecule has 122 valence electrons. The van der Waals surface area contributed by atoms with Crippen molar-refractivity contribution >= 4 is 28.9 Å². The van der Waals surface area contributed by atoms with Crippen molar-refractivity contribution in [3.8, 4) is 0 Å². The number of amides is 1. The largest absolute Gasteiger partial charge is 0.375 e.